The molecular weight excluding hydrogens is 309 g/mol. The van der Waals surface area contributed by atoms with Crippen molar-refractivity contribution in [3.8, 4) is 0 Å². The molecule has 1 aromatic carbocycles. The number of hydrogen-bond acceptors (Lipinski definition) is 6. The summed E-state index contributed by atoms with van der Waals surface area (Å²) in [6.45, 7) is 3.83. The lowest BCUT2D eigenvalue weighted by molar-refractivity contribution is -0.387. The molecule has 0 aliphatic rings. The van der Waals surface area contributed by atoms with E-state index in [-0.39, 0.29) is 37.5 Å². The highest BCUT2D eigenvalue weighted by atomic mass is 19.1. The number of esters is 2. The van der Waals surface area contributed by atoms with Crippen molar-refractivity contribution in [1.29, 1.82) is 0 Å². The zero-order valence-electron chi connectivity index (χ0n) is 12.9. The monoisotopic (exact) mass is 327 g/mol. The average molecular weight is 327 g/mol. The van der Waals surface area contributed by atoms with Crippen LogP contribution in [0.25, 0.3) is 0 Å². The highest BCUT2D eigenvalue weighted by molar-refractivity contribution is 5.77. The van der Waals surface area contributed by atoms with E-state index in [0.29, 0.717) is 0 Å². The Balaban J connectivity index is 2.40. The van der Waals surface area contributed by atoms with Gasteiger partial charge in [0.25, 0.3) is 0 Å². The van der Waals surface area contributed by atoms with E-state index < -0.39 is 28.4 Å². The van der Waals surface area contributed by atoms with Gasteiger partial charge in [0.2, 0.25) is 5.82 Å². The lowest BCUT2D eigenvalue weighted by atomic mass is 10.2. The lowest BCUT2D eigenvalue weighted by Gasteiger charge is -2.07. The van der Waals surface area contributed by atoms with Crippen molar-refractivity contribution < 1.29 is 28.4 Å². The quantitative estimate of drug-likeness (QED) is 0.414. The van der Waals surface area contributed by atoms with E-state index >= 15 is 0 Å². The highest BCUT2D eigenvalue weighted by Crippen LogP contribution is 2.19. The number of halogens is 1. The molecule has 0 unspecified atom stereocenters. The molecule has 0 aromatic heterocycles. The summed E-state index contributed by atoms with van der Waals surface area (Å²) in [7, 11) is 0. The average Bonchev–Trinajstić information content (AvgIpc) is 2.49. The van der Waals surface area contributed by atoms with Crippen molar-refractivity contribution >= 4 is 17.6 Å². The molecule has 126 valence electrons. The maximum Gasteiger partial charge on any atom is 0.306 e. The maximum absolute atomic E-state index is 13.2. The summed E-state index contributed by atoms with van der Waals surface area (Å²) < 4.78 is 23.0. The van der Waals surface area contributed by atoms with Gasteiger partial charge >= 0.3 is 17.6 Å². The van der Waals surface area contributed by atoms with Gasteiger partial charge in [-0.1, -0.05) is 19.9 Å². The molecule has 0 heterocycles. The predicted molar refractivity (Wildman–Crippen MR) is 77.9 cm³/mol. The third kappa shape index (κ3) is 6.86. The van der Waals surface area contributed by atoms with Crippen LogP contribution in [0.4, 0.5) is 10.1 Å². The summed E-state index contributed by atoms with van der Waals surface area (Å²) in [5.41, 5.74) is -0.398. The van der Waals surface area contributed by atoms with Gasteiger partial charge in [-0.15, -0.1) is 0 Å². The van der Waals surface area contributed by atoms with Crippen LogP contribution in [0.3, 0.4) is 0 Å². The number of carbonyl (C=O) groups excluding carboxylic acids is 2. The van der Waals surface area contributed by atoms with Gasteiger partial charge in [-0.25, -0.2) is 0 Å². The third-order valence-electron chi connectivity index (χ3n) is 2.72. The van der Waals surface area contributed by atoms with Crippen molar-refractivity contribution in [2.75, 3.05) is 6.61 Å². The van der Waals surface area contributed by atoms with Crippen molar-refractivity contribution in [2.45, 2.75) is 33.3 Å². The van der Waals surface area contributed by atoms with E-state index in [1.165, 1.54) is 6.07 Å². The first-order valence-corrected chi connectivity index (χ1v) is 7.03. The van der Waals surface area contributed by atoms with Gasteiger partial charge in [0.15, 0.2) is 0 Å². The Morgan fingerprint density at radius 2 is 1.83 bits per heavy atom. The molecule has 0 N–H and O–H groups in total. The number of nitro groups is 1. The number of ether oxygens (including phenoxy) is 2. The maximum atomic E-state index is 13.2. The van der Waals surface area contributed by atoms with Crippen molar-refractivity contribution in [3.63, 3.8) is 0 Å². The molecule has 0 atom stereocenters. The number of nitrogens with zero attached hydrogens (tertiary/aromatic N) is 1. The summed E-state index contributed by atoms with van der Waals surface area (Å²) in [6.07, 6.45) is -0.255. The van der Waals surface area contributed by atoms with Crippen LogP contribution in [0.5, 0.6) is 0 Å². The molecule has 0 fully saturated rings. The van der Waals surface area contributed by atoms with Gasteiger partial charge in [0.1, 0.15) is 6.61 Å². The molecular formula is C15H18FNO6. The minimum Gasteiger partial charge on any atom is -0.465 e. The van der Waals surface area contributed by atoms with Gasteiger partial charge in [-0.3, -0.25) is 19.7 Å². The minimum absolute atomic E-state index is 0.102. The van der Waals surface area contributed by atoms with Crippen LogP contribution in [-0.4, -0.2) is 23.5 Å². The molecule has 0 radical (unpaired) electrons. The Bertz CT molecular complexity index is 587. The molecule has 0 aliphatic carbocycles. The molecule has 0 saturated carbocycles. The van der Waals surface area contributed by atoms with Crippen LogP contribution in [0.1, 0.15) is 32.3 Å². The van der Waals surface area contributed by atoms with Gasteiger partial charge in [0.05, 0.1) is 24.4 Å². The Kier molecular flexibility index (Phi) is 7.11. The van der Waals surface area contributed by atoms with Crippen molar-refractivity contribution in [2.24, 2.45) is 5.92 Å². The van der Waals surface area contributed by atoms with Crippen LogP contribution in [0.2, 0.25) is 0 Å². The van der Waals surface area contributed by atoms with E-state index in [0.717, 1.165) is 12.1 Å². The number of benzene rings is 1. The summed E-state index contributed by atoms with van der Waals surface area (Å²) in [4.78, 5) is 32.6. The standard InChI is InChI=1S/C15H18FNO6/c1-10(2)8-22-14(18)5-6-15(19)23-9-11-3-4-12(16)13(7-11)17(20)21/h3-4,7,10H,5-6,8-9H2,1-2H3. The Labute approximate surface area is 132 Å². The second kappa shape index (κ2) is 8.82. The molecule has 23 heavy (non-hydrogen) atoms. The normalized spacial score (nSPS) is 10.4. The minimum atomic E-state index is -0.960. The highest BCUT2D eigenvalue weighted by Gasteiger charge is 2.15. The van der Waals surface area contributed by atoms with Crippen LogP contribution < -0.4 is 0 Å². The predicted octanol–water partition coefficient (Wildman–Crippen LogP) is 2.76. The molecule has 8 heteroatoms. The topological polar surface area (TPSA) is 95.7 Å². The van der Waals surface area contributed by atoms with Gasteiger partial charge < -0.3 is 9.47 Å². The first kappa shape index (κ1) is 18.5. The van der Waals surface area contributed by atoms with Crippen LogP contribution in [-0.2, 0) is 25.7 Å². The molecule has 0 spiro atoms. The van der Waals surface area contributed by atoms with E-state index in [1.807, 2.05) is 13.8 Å². The number of carbonyl (C=O) groups is 2. The SMILES string of the molecule is CC(C)COC(=O)CCC(=O)OCc1ccc(F)c([N+](=O)[O-])c1. The molecule has 0 aliphatic heterocycles. The fourth-order valence-corrected chi connectivity index (χ4v) is 1.56. The number of hydrogen-bond donors (Lipinski definition) is 0. The second-order valence-electron chi connectivity index (χ2n) is 5.28. The van der Waals surface area contributed by atoms with Crippen LogP contribution in [0.15, 0.2) is 18.2 Å². The number of nitro benzene ring substituents is 1. The van der Waals surface area contributed by atoms with E-state index in [2.05, 4.69) is 0 Å². The smallest absolute Gasteiger partial charge is 0.306 e. The zero-order valence-corrected chi connectivity index (χ0v) is 12.9. The zero-order chi connectivity index (χ0) is 17.4. The fraction of sp³-hybridized carbons (Fsp3) is 0.467. The second-order valence-corrected chi connectivity index (χ2v) is 5.28. The van der Waals surface area contributed by atoms with Crippen molar-refractivity contribution in [3.05, 3.63) is 39.7 Å². The van der Waals surface area contributed by atoms with E-state index in [9.17, 15) is 24.1 Å². The molecule has 0 saturated heterocycles. The molecule has 1 aromatic rings. The Hall–Kier alpha value is -2.51. The summed E-state index contributed by atoms with van der Waals surface area (Å²) in [5.74, 6) is -1.88. The van der Waals surface area contributed by atoms with Crippen LogP contribution in [0, 0.1) is 21.8 Å². The Morgan fingerprint density at radius 1 is 1.22 bits per heavy atom. The fourth-order valence-electron chi connectivity index (χ4n) is 1.56. The summed E-state index contributed by atoms with van der Waals surface area (Å²) >= 11 is 0. The molecule has 1 rings (SSSR count). The largest absolute Gasteiger partial charge is 0.465 e. The van der Waals surface area contributed by atoms with Crippen molar-refractivity contribution in [1.82, 2.24) is 0 Å². The molecule has 0 amide bonds. The van der Waals surface area contributed by atoms with E-state index in [4.69, 9.17) is 9.47 Å². The summed E-state index contributed by atoms with van der Waals surface area (Å²) in [5, 5.41) is 10.6. The van der Waals surface area contributed by atoms with Gasteiger partial charge in [-0.2, -0.15) is 4.39 Å². The third-order valence-corrected chi connectivity index (χ3v) is 2.72. The molecule has 7 nitrogen and oxygen atoms in total. The summed E-state index contributed by atoms with van der Waals surface area (Å²) in [6, 6.07) is 3.22. The lowest BCUT2D eigenvalue weighted by Crippen LogP contribution is -2.13. The molecule has 0 bridgehead atoms. The number of rotatable bonds is 8. The Morgan fingerprint density at radius 3 is 2.39 bits per heavy atom. The van der Waals surface area contributed by atoms with Crippen LogP contribution >= 0.6 is 0 Å². The first-order valence-electron chi connectivity index (χ1n) is 7.03. The first-order chi connectivity index (χ1) is 10.8. The van der Waals surface area contributed by atoms with E-state index in [1.54, 1.807) is 0 Å². The van der Waals surface area contributed by atoms with Gasteiger partial charge in [-0.05, 0) is 17.5 Å². The van der Waals surface area contributed by atoms with Gasteiger partial charge in [0, 0.05) is 6.07 Å².